The Kier molecular flexibility index (Phi) is 5.52. The number of ether oxygens (including phenoxy) is 2. The molecule has 2 aromatic rings. The third-order valence-corrected chi connectivity index (χ3v) is 4.69. The number of hydrogen-bond acceptors (Lipinski definition) is 4. The summed E-state index contributed by atoms with van der Waals surface area (Å²) < 4.78 is 9.78. The lowest BCUT2D eigenvalue weighted by Crippen LogP contribution is -2.13. The largest absolute Gasteiger partial charge is 0.465 e. The SMILES string of the molecule is COC(=O)c1cc(C2=CCCCC2)c(-c2ccccc2)cc1C(=O)OC. The molecule has 4 heteroatoms. The molecular weight excluding hydrogens is 328 g/mol. The van der Waals surface area contributed by atoms with Gasteiger partial charge in [0.05, 0.1) is 25.3 Å². The summed E-state index contributed by atoms with van der Waals surface area (Å²) in [6.07, 6.45) is 6.50. The quantitative estimate of drug-likeness (QED) is 0.737. The number of esters is 2. The summed E-state index contributed by atoms with van der Waals surface area (Å²) >= 11 is 0. The first kappa shape index (κ1) is 17.9. The highest BCUT2D eigenvalue weighted by molar-refractivity contribution is 6.05. The number of methoxy groups -OCH3 is 2. The van der Waals surface area contributed by atoms with Crippen molar-refractivity contribution in [2.24, 2.45) is 0 Å². The van der Waals surface area contributed by atoms with Crippen molar-refractivity contribution in [2.45, 2.75) is 25.7 Å². The lowest BCUT2D eigenvalue weighted by atomic mass is 9.85. The maximum absolute atomic E-state index is 12.3. The fourth-order valence-electron chi connectivity index (χ4n) is 3.36. The highest BCUT2D eigenvalue weighted by atomic mass is 16.5. The van der Waals surface area contributed by atoms with E-state index in [4.69, 9.17) is 9.47 Å². The standard InChI is InChI=1S/C22H22O4/c1-25-21(23)19-13-17(15-9-5-3-6-10-15)18(14-20(19)22(24)26-2)16-11-7-4-8-12-16/h3,5-6,9-11,13-14H,4,7-8,12H2,1-2H3. The predicted octanol–water partition coefficient (Wildman–Crippen LogP) is 4.88. The van der Waals surface area contributed by atoms with Crippen molar-refractivity contribution in [1.82, 2.24) is 0 Å². The van der Waals surface area contributed by atoms with E-state index in [0.29, 0.717) is 0 Å². The van der Waals surface area contributed by atoms with E-state index in [1.807, 2.05) is 30.3 Å². The molecule has 4 nitrogen and oxygen atoms in total. The Morgan fingerprint density at radius 1 is 0.846 bits per heavy atom. The second-order valence-electron chi connectivity index (χ2n) is 6.27. The summed E-state index contributed by atoms with van der Waals surface area (Å²) in [5.74, 6) is -1.09. The molecule has 1 aliphatic carbocycles. The Morgan fingerprint density at radius 3 is 2.00 bits per heavy atom. The van der Waals surface area contributed by atoms with Gasteiger partial charge >= 0.3 is 11.9 Å². The van der Waals surface area contributed by atoms with Crippen molar-refractivity contribution in [2.75, 3.05) is 14.2 Å². The van der Waals surface area contributed by atoms with Crippen LogP contribution in [0, 0.1) is 0 Å². The number of carbonyl (C=O) groups is 2. The highest BCUT2D eigenvalue weighted by Crippen LogP contribution is 2.36. The van der Waals surface area contributed by atoms with Crippen LogP contribution in [0.25, 0.3) is 16.7 Å². The molecule has 2 aromatic carbocycles. The van der Waals surface area contributed by atoms with Gasteiger partial charge in [-0.2, -0.15) is 0 Å². The Balaban J connectivity index is 2.27. The average Bonchev–Trinajstić information content (AvgIpc) is 2.73. The first-order valence-electron chi connectivity index (χ1n) is 8.75. The minimum atomic E-state index is -0.549. The van der Waals surface area contributed by atoms with E-state index < -0.39 is 11.9 Å². The summed E-state index contributed by atoms with van der Waals surface area (Å²) in [5.41, 5.74) is 4.56. The van der Waals surface area contributed by atoms with Crippen LogP contribution in [0.4, 0.5) is 0 Å². The van der Waals surface area contributed by atoms with E-state index in [1.54, 1.807) is 12.1 Å². The fraction of sp³-hybridized carbons (Fsp3) is 0.273. The zero-order valence-corrected chi connectivity index (χ0v) is 15.1. The monoisotopic (exact) mass is 350 g/mol. The molecule has 0 spiro atoms. The lowest BCUT2D eigenvalue weighted by Gasteiger charge is -2.19. The normalized spacial score (nSPS) is 13.7. The van der Waals surface area contributed by atoms with Crippen LogP contribution in [0.15, 0.2) is 48.5 Å². The van der Waals surface area contributed by atoms with Crippen LogP contribution in [0.2, 0.25) is 0 Å². The number of allylic oxidation sites excluding steroid dienone is 2. The predicted molar refractivity (Wildman–Crippen MR) is 101 cm³/mol. The molecule has 1 aliphatic rings. The van der Waals surface area contributed by atoms with Crippen LogP contribution < -0.4 is 0 Å². The van der Waals surface area contributed by atoms with Gasteiger partial charge in [-0.15, -0.1) is 0 Å². The smallest absolute Gasteiger partial charge is 0.338 e. The molecular formula is C22H22O4. The molecule has 0 saturated carbocycles. The molecule has 134 valence electrons. The third kappa shape index (κ3) is 3.54. The van der Waals surface area contributed by atoms with E-state index in [1.165, 1.54) is 26.2 Å². The summed E-state index contributed by atoms with van der Waals surface area (Å²) in [5, 5.41) is 0. The lowest BCUT2D eigenvalue weighted by molar-refractivity contribution is 0.0555. The highest BCUT2D eigenvalue weighted by Gasteiger charge is 2.23. The van der Waals surface area contributed by atoms with Crippen molar-refractivity contribution in [1.29, 1.82) is 0 Å². The summed E-state index contributed by atoms with van der Waals surface area (Å²) in [4.78, 5) is 24.6. The van der Waals surface area contributed by atoms with E-state index >= 15 is 0 Å². The second-order valence-corrected chi connectivity index (χ2v) is 6.27. The minimum absolute atomic E-state index is 0.221. The second kappa shape index (κ2) is 8.00. The molecule has 0 N–H and O–H groups in total. The van der Waals surface area contributed by atoms with Crippen LogP contribution in [0.1, 0.15) is 52.0 Å². The van der Waals surface area contributed by atoms with Crippen LogP contribution in [-0.4, -0.2) is 26.2 Å². The zero-order chi connectivity index (χ0) is 18.5. The molecule has 0 amide bonds. The molecule has 0 heterocycles. The number of carbonyl (C=O) groups excluding carboxylic acids is 2. The van der Waals surface area contributed by atoms with Gasteiger partial charge in [-0.3, -0.25) is 0 Å². The van der Waals surface area contributed by atoms with Gasteiger partial charge in [-0.25, -0.2) is 9.59 Å². The number of hydrogen-bond donors (Lipinski definition) is 0. The van der Waals surface area contributed by atoms with Crippen LogP contribution >= 0.6 is 0 Å². The molecule has 0 aliphatic heterocycles. The van der Waals surface area contributed by atoms with Crippen LogP contribution in [0.3, 0.4) is 0 Å². The zero-order valence-electron chi connectivity index (χ0n) is 15.1. The minimum Gasteiger partial charge on any atom is -0.465 e. The average molecular weight is 350 g/mol. The van der Waals surface area contributed by atoms with Gasteiger partial charge < -0.3 is 9.47 Å². The van der Waals surface area contributed by atoms with E-state index in [2.05, 4.69) is 6.08 Å². The van der Waals surface area contributed by atoms with Crippen molar-refractivity contribution in [3.8, 4) is 11.1 Å². The van der Waals surface area contributed by atoms with Gasteiger partial charge in [-0.1, -0.05) is 36.4 Å². The van der Waals surface area contributed by atoms with Crippen molar-refractivity contribution in [3.63, 3.8) is 0 Å². The number of benzene rings is 2. The Bertz CT molecular complexity index is 850. The molecule has 26 heavy (non-hydrogen) atoms. The van der Waals surface area contributed by atoms with Crippen LogP contribution in [0.5, 0.6) is 0 Å². The molecule has 0 unspecified atom stereocenters. The van der Waals surface area contributed by atoms with Crippen LogP contribution in [-0.2, 0) is 9.47 Å². The molecule has 0 atom stereocenters. The Hall–Kier alpha value is -2.88. The number of rotatable bonds is 4. The van der Waals surface area contributed by atoms with E-state index in [0.717, 1.165) is 36.0 Å². The van der Waals surface area contributed by atoms with Gasteiger partial charge in [-0.05, 0) is 60.1 Å². The summed E-state index contributed by atoms with van der Waals surface area (Å²) in [6, 6.07) is 13.4. The Labute approximate surface area is 153 Å². The molecule has 0 fully saturated rings. The molecule has 0 aromatic heterocycles. The van der Waals surface area contributed by atoms with Crippen molar-refractivity contribution in [3.05, 3.63) is 65.2 Å². The maximum atomic E-state index is 12.3. The van der Waals surface area contributed by atoms with Gasteiger partial charge in [0.1, 0.15) is 0 Å². The summed E-state index contributed by atoms with van der Waals surface area (Å²) in [7, 11) is 2.62. The van der Waals surface area contributed by atoms with Gasteiger partial charge in [0.15, 0.2) is 0 Å². The van der Waals surface area contributed by atoms with Crippen molar-refractivity contribution >= 4 is 17.5 Å². The van der Waals surface area contributed by atoms with E-state index in [-0.39, 0.29) is 11.1 Å². The van der Waals surface area contributed by atoms with E-state index in [9.17, 15) is 9.59 Å². The molecule has 0 bridgehead atoms. The molecule has 0 saturated heterocycles. The molecule has 3 rings (SSSR count). The van der Waals surface area contributed by atoms with Crippen molar-refractivity contribution < 1.29 is 19.1 Å². The third-order valence-electron chi connectivity index (χ3n) is 4.69. The topological polar surface area (TPSA) is 52.6 Å². The first-order chi connectivity index (χ1) is 12.7. The van der Waals surface area contributed by atoms with Gasteiger partial charge in [0, 0.05) is 0 Å². The van der Waals surface area contributed by atoms with Gasteiger partial charge in [0.25, 0.3) is 0 Å². The van der Waals surface area contributed by atoms with Gasteiger partial charge in [0.2, 0.25) is 0 Å². The maximum Gasteiger partial charge on any atom is 0.338 e. The molecule has 0 radical (unpaired) electrons. The summed E-state index contributed by atoms with van der Waals surface area (Å²) in [6.45, 7) is 0. The first-order valence-corrected chi connectivity index (χ1v) is 8.75. The Morgan fingerprint density at radius 2 is 1.46 bits per heavy atom. The fourth-order valence-corrected chi connectivity index (χ4v) is 3.36.